The number of carbonyl (C=O) groups is 1. The van der Waals surface area contributed by atoms with Crippen molar-refractivity contribution in [3.63, 3.8) is 0 Å². The number of amides is 1. The number of nitrogens with zero attached hydrogens (tertiary/aromatic N) is 1. The summed E-state index contributed by atoms with van der Waals surface area (Å²) in [4.78, 5) is 14.5. The second-order valence-electron chi connectivity index (χ2n) is 8.62. The predicted molar refractivity (Wildman–Crippen MR) is 104 cm³/mol. The van der Waals surface area contributed by atoms with Crippen molar-refractivity contribution < 1.29 is 14.6 Å². The summed E-state index contributed by atoms with van der Waals surface area (Å²) in [6.07, 6.45) is 7.63. The van der Waals surface area contributed by atoms with E-state index in [1.54, 1.807) is 4.90 Å². The molecule has 1 aromatic rings. The van der Waals surface area contributed by atoms with Gasteiger partial charge in [-0.05, 0) is 62.8 Å². The molecule has 0 bridgehead atoms. The molecule has 4 rings (SSSR count). The summed E-state index contributed by atoms with van der Waals surface area (Å²) in [6, 6.07) is 10.6. The molecule has 1 aliphatic heterocycles. The summed E-state index contributed by atoms with van der Waals surface area (Å²) < 4.78 is 6.24. The zero-order valence-corrected chi connectivity index (χ0v) is 16.1. The van der Waals surface area contributed by atoms with Crippen LogP contribution in [0.5, 0.6) is 0 Å². The van der Waals surface area contributed by atoms with Gasteiger partial charge in [-0.25, -0.2) is 0 Å². The molecule has 0 aromatic heterocycles. The topological polar surface area (TPSA) is 75.8 Å². The molecule has 0 radical (unpaired) electrons. The van der Waals surface area contributed by atoms with Crippen LogP contribution < -0.4 is 5.73 Å². The first-order chi connectivity index (χ1) is 13.1. The third-order valence-electron chi connectivity index (χ3n) is 6.66. The quantitative estimate of drug-likeness (QED) is 0.833. The predicted octanol–water partition coefficient (Wildman–Crippen LogP) is 2.57. The Balaban J connectivity index is 1.30. The van der Waals surface area contributed by atoms with Crippen LogP contribution in [0.15, 0.2) is 30.3 Å². The van der Waals surface area contributed by atoms with Crippen LogP contribution in [0.25, 0.3) is 0 Å². The van der Waals surface area contributed by atoms with Gasteiger partial charge in [0.2, 0.25) is 0 Å². The van der Waals surface area contributed by atoms with Crippen LogP contribution >= 0.6 is 0 Å². The van der Waals surface area contributed by atoms with Crippen LogP contribution in [0.3, 0.4) is 0 Å². The summed E-state index contributed by atoms with van der Waals surface area (Å²) in [5, 5.41) is 10.2. The average Bonchev–Trinajstić information content (AvgIpc) is 3.46. The van der Waals surface area contributed by atoms with Gasteiger partial charge in [0.15, 0.2) is 0 Å². The lowest BCUT2D eigenvalue weighted by atomic mass is 9.83. The average molecular weight is 373 g/mol. The number of likely N-dealkylation sites (tertiary alicyclic amines) is 1. The first-order valence-corrected chi connectivity index (χ1v) is 10.5. The highest BCUT2D eigenvalue weighted by Crippen LogP contribution is 2.39. The van der Waals surface area contributed by atoms with Gasteiger partial charge in [0, 0.05) is 12.6 Å². The molecule has 5 nitrogen and oxygen atoms in total. The second kappa shape index (κ2) is 7.90. The Morgan fingerprint density at radius 3 is 2.52 bits per heavy atom. The maximum absolute atomic E-state index is 12.7. The number of rotatable bonds is 5. The number of carbonyl (C=O) groups excluding carboxylic acids is 1. The highest BCUT2D eigenvalue weighted by molar-refractivity contribution is 5.88. The Hall–Kier alpha value is -1.43. The smallest absolute Gasteiger partial charge is 0.254 e. The lowest BCUT2D eigenvalue weighted by Gasteiger charge is -2.41. The van der Waals surface area contributed by atoms with Crippen LogP contribution in [0.2, 0.25) is 0 Å². The molecule has 27 heavy (non-hydrogen) atoms. The number of hydrogen-bond acceptors (Lipinski definition) is 4. The fourth-order valence-corrected chi connectivity index (χ4v) is 4.67. The molecule has 3 aliphatic rings. The van der Waals surface area contributed by atoms with E-state index in [0.717, 1.165) is 38.5 Å². The van der Waals surface area contributed by atoms with Crippen LogP contribution in [0.1, 0.15) is 62.8 Å². The van der Waals surface area contributed by atoms with E-state index in [1.807, 2.05) is 0 Å². The Bertz CT molecular complexity index is 638. The van der Waals surface area contributed by atoms with Gasteiger partial charge in [-0.1, -0.05) is 30.3 Å². The van der Waals surface area contributed by atoms with Gasteiger partial charge in [0.1, 0.15) is 5.60 Å². The summed E-state index contributed by atoms with van der Waals surface area (Å²) in [5.41, 5.74) is 6.64. The molecule has 2 atom stereocenters. The molecule has 3 fully saturated rings. The van der Waals surface area contributed by atoms with Gasteiger partial charge in [-0.2, -0.15) is 0 Å². The van der Waals surface area contributed by atoms with Crippen molar-refractivity contribution in [1.29, 1.82) is 0 Å². The summed E-state index contributed by atoms with van der Waals surface area (Å²) in [7, 11) is 0. The molecule has 1 saturated heterocycles. The van der Waals surface area contributed by atoms with E-state index in [-0.39, 0.29) is 24.1 Å². The number of nitrogens with two attached hydrogens (primary N) is 1. The first kappa shape index (κ1) is 18.9. The van der Waals surface area contributed by atoms with Crippen LogP contribution in [0.4, 0.5) is 0 Å². The summed E-state index contributed by atoms with van der Waals surface area (Å²) in [5.74, 6) is 0.490. The van der Waals surface area contributed by atoms with Crippen molar-refractivity contribution in [3.05, 3.63) is 35.9 Å². The number of hydrogen-bond donors (Lipinski definition) is 2. The Morgan fingerprint density at radius 2 is 1.85 bits per heavy atom. The number of ether oxygens (including phenoxy) is 1. The third-order valence-corrected chi connectivity index (χ3v) is 6.66. The van der Waals surface area contributed by atoms with E-state index in [1.165, 1.54) is 5.56 Å². The minimum absolute atomic E-state index is 0.0642. The highest BCUT2D eigenvalue weighted by Gasteiger charge is 2.52. The largest absolute Gasteiger partial charge is 0.380 e. The van der Waals surface area contributed by atoms with E-state index >= 15 is 0 Å². The standard InChI is InChI=1S/C22H32N2O3/c23-19-7-4-14-24(21(25)22(26)12-13-22)20(19)15-27-18-10-8-17(9-11-18)16-5-2-1-3-6-16/h1-3,5-6,17-20,26H,4,7-15,23H2/t17?,18?,19-,20-/m0/s1. The van der Waals surface area contributed by atoms with Gasteiger partial charge in [0.05, 0.1) is 18.8 Å². The van der Waals surface area contributed by atoms with Crippen molar-refractivity contribution in [3.8, 4) is 0 Å². The Morgan fingerprint density at radius 1 is 1.15 bits per heavy atom. The van der Waals surface area contributed by atoms with E-state index < -0.39 is 5.60 Å². The molecule has 2 saturated carbocycles. The lowest BCUT2D eigenvalue weighted by molar-refractivity contribution is -0.149. The van der Waals surface area contributed by atoms with E-state index in [2.05, 4.69) is 30.3 Å². The maximum Gasteiger partial charge on any atom is 0.254 e. The van der Waals surface area contributed by atoms with E-state index in [9.17, 15) is 9.90 Å². The minimum atomic E-state index is -1.12. The molecule has 1 aromatic carbocycles. The molecule has 1 amide bonds. The molecule has 5 heteroatoms. The molecule has 1 heterocycles. The molecule has 3 N–H and O–H groups in total. The Labute approximate surface area is 161 Å². The number of aliphatic hydroxyl groups is 1. The molecule has 2 aliphatic carbocycles. The van der Waals surface area contributed by atoms with Gasteiger partial charge in [-0.3, -0.25) is 4.79 Å². The summed E-state index contributed by atoms with van der Waals surface area (Å²) >= 11 is 0. The van der Waals surface area contributed by atoms with Crippen molar-refractivity contribution >= 4 is 5.91 Å². The molecule has 0 spiro atoms. The van der Waals surface area contributed by atoms with Gasteiger partial charge in [-0.15, -0.1) is 0 Å². The zero-order valence-electron chi connectivity index (χ0n) is 16.1. The SMILES string of the molecule is N[C@H]1CCCN(C(=O)C2(O)CC2)[C@H]1COC1CCC(c2ccccc2)CC1. The normalized spacial score (nSPS) is 32.9. The monoisotopic (exact) mass is 372 g/mol. The fourth-order valence-electron chi connectivity index (χ4n) is 4.67. The van der Waals surface area contributed by atoms with Crippen LogP contribution in [-0.2, 0) is 9.53 Å². The molecular weight excluding hydrogens is 340 g/mol. The lowest BCUT2D eigenvalue weighted by Crippen LogP contribution is -2.59. The molecular formula is C22H32N2O3. The van der Waals surface area contributed by atoms with Crippen molar-refractivity contribution in [1.82, 2.24) is 4.90 Å². The highest BCUT2D eigenvalue weighted by atomic mass is 16.5. The second-order valence-corrected chi connectivity index (χ2v) is 8.62. The zero-order chi connectivity index (χ0) is 18.9. The molecule has 0 unspecified atom stereocenters. The number of piperidine rings is 1. The third kappa shape index (κ3) is 4.20. The first-order valence-electron chi connectivity index (χ1n) is 10.5. The van der Waals surface area contributed by atoms with E-state index in [0.29, 0.717) is 31.9 Å². The van der Waals surface area contributed by atoms with Crippen LogP contribution in [0, 0.1) is 0 Å². The fraction of sp³-hybridized carbons (Fsp3) is 0.682. The number of benzene rings is 1. The van der Waals surface area contributed by atoms with Gasteiger partial charge in [0.25, 0.3) is 5.91 Å². The molecule has 148 valence electrons. The van der Waals surface area contributed by atoms with Crippen LogP contribution in [-0.4, -0.2) is 52.9 Å². The minimum Gasteiger partial charge on any atom is -0.380 e. The van der Waals surface area contributed by atoms with Crippen molar-refractivity contribution in [2.45, 2.75) is 81.1 Å². The van der Waals surface area contributed by atoms with Gasteiger partial charge < -0.3 is 20.5 Å². The summed E-state index contributed by atoms with van der Waals surface area (Å²) in [6.45, 7) is 1.17. The Kier molecular flexibility index (Phi) is 5.53. The van der Waals surface area contributed by atoms with Crippen molar-refractivity contribution in [2.75, 3.05) is 13.2 Å². The van der Waals surface area contributed by atoms with Gasteiger partial charge >= 0.3 is 0 Å². The maximum atomic E-state index is 12.7. The van der Waals surface area contributed by atoms with E-state index in [4.69, 9.17) is 10.5 Å². The van der Waals surface area contributed by atoms with Crippen molar-refractivity contribution in [2.24, 2.45) is 5.73 Å².